The van der Waals surface area contributed by atoms with E-state index in [-0.39, 0.29) is 29.2 Å². The molecule has 2 amide bonds. The van der Waals surface area contributed by atoms with Gasteiger partial charge in [-0.1, -0.05) is 24.3 Å². The van der Waals surface area contributed by atoms with Gasteiger partial charge in [0.2, 0.25) is 11.8 Å². The summed E-state index contributed by atoms with van der Waals surface area (Å²) in [4.78, 5) is 26.1. The van der Waals surface area contributed by atoms with Gasteiger partial charge in [0, 0.05) is 19.0 Å². The minimum Gasteiger partial charge on any atom is -0.369 e. The smallest absolute Gasteiger partial charge is 0.264 e. The van der Waals surface area contributed by atoms with Crippen LogP contribution >= 0.6 is 0 Å². The van der Waals surface area contributed by atoms with E-state index in [1.54, 1.807) is 35.2 Å². The summed E-state index contributed by atoms with van der Waals surface area (Å²) in [5, 5.41) is 0. The molecule has 3 rings (SSSR count). The summed E-state index contributed by atoms with van der Waals surface area (Å²) in [5.41, 5.74) is 7.64. The second kappa shape index (κ2) is 8.87. The fourth-order valence-corrected chi connectivity index (χ4v) is 5.18. The molecule has 1 aliphatic rings. The Morgan fingerprint density at radius 2 is 1.60 bits per heavy atom. The quantitative estimate of drug-likeness (QED) is 0.761. The molecule has 160 valence electrons. The number of primary amides is 1. The van der Waals surface area contributed by atoms with Gasteiger partial charge in [0.1, 0.15) is 6.54 Å². The molecule has 0 saturated carbocycles. The summed E-state index contributed by atoms with van der Waals surface area (Å²) in [6.45, 7) is 4.25. The molecule has 1 fully saturated rings. The Labute approximate surface area is 177 Å². The zero-order valence-electron chi connectivity index (χ0n) is 17.2. The van der Waals surface area contributed by atoms with Crippen molar-refractivity contribution in [1.29, 1.82) is 0 Å². The summed E-state index contributed by atoms with van der Waals surface area (Å²) in [6.07, 6.45) is 0.992. The predicted molar refractivity (Wildman–Crippen MR) is 115 cm³/mol. The molecular formula is C22H27N3O4S. The molecule has 1 aliphatic heterocycles. The number of benzene rings is 2. The van der Waals surface area contributed by atoms with Gasteiger partial charge in [-0.25, -0.2) is 8.42 Å². The summed E-state index contributed by atoms with van der Waals surface area (Å²) in [5.74, 6) is -0.889. The van der Waals surface area contributed by atoms with Crippen molar-refractivity contribution < 1.29 is 18.0 Å². The maximum Gasteiger partial charge on any atom is 0.264 e. The van der Waals surface area contributed by atoms with Crippen LogP contribution < -0.4 is 10.0 Å². The van der Waals surface area contributed by atoms with Gasteiger partial charge in [-0.2, -0.15) is 0 Å². The monoisotopic (exact) mass is 429 g/mol. The zero-order valence-corrected chi connectivity index (χ0v) is 18.1. The molecule has 30 heavy (non-hydrogen) atoms. The van der Waals surface area contributed by atoms with Crippen LogP contribution in [0.3, 0.4) is 0 Å². The van der Waals surface area contributed by atoms with Gasteiger partial charge < -0.3 is 10.6 Å². The van der Waals surface area contributed by atoms with Crippen molar-refractivity contribution in [2.75, 3.05) is 23.9 Å². The average Bonchev–Trinajstić information content (AvgIpc) is 2.71. The summed E-state index contributed by atoms with van der Waals surface area (Å²) in [7, 11) is -3.93. The van der Waals surface area contributed by atoms with Gasteiger partial charge in [-0.05, 0) is 62.1 Å². The first-order chi connectivity index (χ1) is 14.2. The molecule has 0 bridgehead atoms. The molecule has 2 N–H and O–H groups in total. The van der Waals surface area contributed by atoms with E-state index in [9.17, 15) is 18.0 Å². The van der Waals surface area contributed by atoms with Gasteiger partial charge in [0.25, 0.3) is 10.0 Å². The van der Waals surface area contributed by atoms with Gasteiger partial charge in [0.05, 0.1) is 10.6 Å². The SMILES string of the molecule is Cc1cc(C)cc(N(CC(=O)N2CCC(C(N)=O)CC2)S(=O)(=O)c2ccccc2)c1. The van der Waals surface area contributed by atoms with Crippen molar-refractivity contribution in [3.05, 3.63) is 59.7 Å². The normalized spacial score (nSPS) is 15.1. The molecule has 0 atom stereocenters. The minimum atomic E-state index is -3.93. The fraction of sp³-hybridized carbons (Fsp3) is 0.364. The predicted octanol–water partition coefficient (Wildman–Crippen LogP) is 2.22. The molecule has 2 aromatic rings. The maximum absolute atomic E-state index is 13.4. The van der Waals surface area contributed by atoms with Crippen LogP contribution in [0.5, 0.6) is 0 Å². The van der Waals surface area contributed by atoms with Crippen LogP contribution in [-0.4, -0.2) is 44.8 Å². The van der Waals surface area contributed by atoms with Crippen molar-refractivity contribution in [2.45, 2.75) is 31.6 Å². The van der Waals surface area contributed by atoms with Crippen molar-refractivity contribution >= 4 is 27.5 Å². The fourth-order valence-electron chi connectivity index (χ4n) is 3.77. The Hall–Kier alpha value is -2.87. The number of hydrogen-bond donors (Lipinski definition) is 1. The van der Waals surface area contributed by atoms with Crippen LogP contribution in [0.25, 0.3) is 0 Å². The largest absolute Gasteiger partial charge is 0.369 e. The van der Waals surface area contributed by atoms with E-state index in [2.05, 4.69) is 0 Å². The molecule has 7 nitrogen and oxygen atoms in total. The van der Waals surface area contributed by atoms with Crippen molar-refractivity contribution in [2.24, 2.45) is 11.7 Å². The Kier molecular flexibility index (Phi) is 6.45. The van der Waals surface area contributed by atoms with E-state index in [0.717, 1.165) is 11.1 Å². The number of piperidine rings is 1. The first-order valence-corrected chi connectivity index (χ1v) is 11.4. The lowest BCUT2D eigenvalue weighted by Gasteiger charge is -2.33. The van der Waals surface area contributed by atoms with Gasteiger partial charge in [-0.3, -0.25) is 13.9 Å². The molecule has 8 heteroatoms. The number of rotatable bonds is 6. The molecule has 0 aromatic heterocycles. The first-order valence-electron chi connectivity index (χ1n) is 9.91. The van der Waals surface area contributed by atoms with Crippen LogP contribution in [0.2, 0.25) is 0 Å². The van der Waals surface area contributed by atoms with Crippen molar-refractivity contribution in [3.63, 3.8) is 0 Å². The summed E-state index contributed by atoms with van der Waals surface area (Å²) in [6, 6.07) is 13.6. The highest BCUT2D eigenvalue weighted by Gasteiger charge is 2.31. The van der Waals surface area contributed by atoms with E-state index in [1.165, 1.54) is 16.4 Å². The molecule has 2 aromatic carbocycles. The highest BCUT2D eigenvalue weighted by molar-refractivity contribution is 7.92. The second-order valence-electron chi connectivity index (χ2n) is 7.73. The number of aryl methyl sites for hydroxylation is 2. The molecule has 0 unspecified atom stereocenters. The Morgan fingerprint density at radius 1 is 1.03 bits per heavy atom. The highest BCUT2D eigenvalue weighted by Crippen LogP contribution is 2.26. The number of carbonyl (C=O) groups is 2. The average molecular weight is 430 g/mol. The Bertz CT molecular complexity index is 1010. The summed E-state index contributed by atoms with van der Waals surface area (Å²) >= 11 is 0. The van der Waals surface area contributed by atoms with Crippen LogP contribution in [0.1, 0.15) is 24.0 Å². The van der Waals surface area contributed by atoms with E-state index < -0.39 is 10.0 Å². The second-order valence-corrected chi connectivity index (χ2v) is 9.59. The third-order valence-electron chi connectivity index (χ3n) is 5.35. The molecular weight excluding hydrogens is 402 g/mol. The molecule has 1 heterocycles. The van der Waals surface area contributed by atoms with Gasteiger partial charge in [-0.15, -0.1) is 0 Å². The minimum absolute atomic E-state index is 0.129. The lowest BCUT2D eigenvalue weighted by atomic mass is 9.96. The number of anilines is 1. The number of likely N-dealkylation sites (tertiary alicyclic amines) is 1. The topological polar surface area (TPSA) is 101 Å². The number of nitrogens with zero attached hydrogens (tertiary/aromatic N) is 2. The van der Waals surface area contributed by atoms with E-state index in [0.29, 0.717) is 31.6 Å². The molecule has 0 radical (unpaired) electrons. The van der Waals surface area contributed by atoms with Crippen molar-refractivity contribution in [1.82, 2.24) is 4.90 Å². The van der Waals surface area contributed by atoms with Crippen LogP contribution in [0, 0.1) is 19.8 Å². The van der Waals surface area contributed by atoms with Gasteiger partial charge in [0.15, 0.2) is 0 Å². The van der Waals surface area contributed by atoms with E-state index in [4.69, 9.17) is 5.73 Å². The standard InChI is InChI=1S/C22H27N3O4S/c1-16-12-17(2)14-19(13-16)25(30(28,29)20-6-4-3-5-7-20)15-21(26)24-10-8-18(9-11-24)22(23)27/h3-7,12-14,18H,8-11,15H2,1-2H3,(H2,23,27). The number of amides is 2. The summed E-state index contributed by atoms with van der Waals surface area (Å²) < 4.78 is 28.0. The number of nitrogens with two attached hydrogens (primary N) is 1. The number of carbonyl (C=O) groups excluding carboxylic acids is 2. The zero-order chi connectivity index (χ0) is 21.9. The Balaban J connectivity index is 1.91. The first kappa shape index (κ1) is 21.8. The lowest BCUT2D eigenvalue weighted by molar-refractivity contribution is -0.133. The van der Waals surface area contributed by atoms with E-state index in [1.807, 2.05) is 19.9 Å². The molecule has 0 aliphatic carbocycles. The Morgan fingerprint density at radius 3 is 2.13 bits per heavy atom. The molecule has 0 spiro atoms. The lowest BCUT2D eigenvalue weighted by Crippen LogP contribution is -2.47. The van der Waals surface area contributed by atoms with Crippen molar-refractivity contribution in [3.8, 4) is 0 Å². The van der Waals surface area contributed by atoms with Crippen LogP contribution in [-0.2, 0) is 19.6 Å². The highest BCUT2D eigenvalue weighted by atomic mass is 32.2. The third-order valence-corrected chi connectivity index (χ3v) is 7.14. The number of hydrogen-bond acceptors (Lipinski definition) is 4. The number of sulfonamides is 1. The third kappa shape index (κ3) is 4.81. The van der Waals surface area contributed by atoms with E-state index >= 15 is 0 Å². The van der Waals surface area contributed by atoms with Crippen LogP contribution in [0.4, 0.5) is 5.69 Å². The van der Waals surface area contributed by atoms with Crippen LogP contribution in [0.15, 0.2) is 53.4 Å². The molecule has 1 saturated heterocycles. The van der Waals surface area contributed by atoms with Gasteiger partial charge >= 0.3 is 0 Å². The maximum atomic E-state index is 13.4.